The van der Waals surface area contributed by atoms with Crippen molar-refractivity contribution in [2.24, 2.45) is 0 Å². The summed E-state index contributed by atoms with van der Waals surface area (Å²) in [7, 11) is 0. The number of rotatable bonds is 2. The molecule has 0 spiro atoms. The number of benzene rings is 2. The van der Waals surface area contributed by atoms with Crippen LogP contribution in [-0.2, 0) is 0 Å². The van der Waals surface area contributed by atoms with Gasteiger partial charge in [0.25, 0.3) is 0 Å². The summed E-state index contributed by atoms with van der Waals surface area (Å²) in [6.45, 7) is 1.93. The summed E-state index contributed by atoms with van der Waals surface area (Å²) in [6.07, 6.45) is 0. The fraction of sp³-hybridized carbons (Fsp3) is 0.0714. The van der Waals surface area contributed by atoms with Crippen molar-refractivity contribution in [3.8, 4) is 17.1 Å². The summed E-state index contributed by atoms with van der Waals surface area (Å²) in [5, 5.41) is 11.6. The lowest BCUT2D eigenvalue weighted by Gasteiger charge is -2.07. The molecule has 2 N–H and O–H groups in total. The molecule has 3 rings (SSSR count). The summed E-state index contributed by atoms with van der Waals surface area (Å²) in [4.78, 5) is 0. The van der Waals surface area contributed by atoms with Crippen LogP contribution < -0.4 is 5.73 Å². The molecule has 5 nitrogen and oxygen atoms in total. The number of aryl methyl sites for hydroxylation is 1. The Hall–Kier alpha value is -2.47. The van der Waals surface area contributed by atoms with E-state index in [4.69, 9.17) is 17.3 Å². The molecule has 0 unspecified atom stereocenters. The minimum absolute atomic E-state index is 0.0118. The van der Waals surface area contributed by atoms with Crippen LogP contribution in [0.15, 0.2) is 36.4 Å². The predicted molar refractivity (Wildman–Crippen MR) is 78.7 cm³/mol. The maximum atomic E-state index is 13.3. The van der Waals surface area contributed by atoms with E-state index in [1.165, 1.54) is 16.8 Å². The first-order chi connectivity index (χ1) is 10.0. The minimum atomic E-state index is -0.491. The number of anilines is 1. The van der Waals surface area contributed by atoms with E-state index in [0.717, 1.165) is 11.1 Å². The van der Waals surface area contributed by atoms with E-state index in [1.807, 2.05) is 19.1 Å². The van der Waals surface area contributed by atoms with E-state index in [9.17, 15) is 4.39 Å². The Labute approximate surface area is 125 Å². The zero-order valence-electron chi connectivity index (χ0n) is 11.1. The first kappa shape index (κ1) is 13.5. The Morgan fingerprint density at radius 3 is 2.71 bits per heavy atom. The smallest absolute Gasteiger partial charge is 0.187 e. The van der Waals surface area contributed by atoms with Crippen LogP contribution in [-0.4, -0.2) is 20.2 Å². The van der Waals surface area contributed by atoms with Crippen LogP contribution in [0, 0.1) is 12.7 Å². The highest BCUT2D eigenvalue weighted by atomic mass is 35.5. The SMILES string of the molecule is Cc1cc(N)cc(-c2nnnn2-c2ccc(F)c(Cl)c2)c1. The second-order valence-electron chi connectivity index (χ2n) is 4.65. The van der Waals surface area contributed by atoms with Gasteiger partial charge in [-0.3, -0.25) is 0 Å². The molecule has 0 atom stereocenters. The Morgan fingerprint density at radius 1 is 1.19 bits per heavy atom. The van der Waals surface area contributed by atoms with Gasteiger partial charge in [0, 0.05) is 11.3 Å². The number of nitrogens with zero attached hydrogens (tertiary/aromatic N) is 4. The summed E-state index contributed by atoms with van der Waals surface area (Å²) < 4.78 is 14.7. The highest BCUT2D eigenvalue weighted by Gasteiger charge is 2.13. The number of aromatic nitrogens is 4. The maximum absolute atomic E-state index is 13.3. The molecule has 0 fully saturated rings. The molecule has 1 heterocycles. The number of nitrogens with two attached hydrogens (primary N) is 1. The van der Waals surface area contributed by atoms with Gasteiger partial charge in [0.15, 0.2) is 5.82 Å². The van der Waals surface area contributed by atoms with Gasteiger partial charge in [-0.25, -0.2) is 4.39 Å². The quantitative estimate of drug-likeness (QED) is 0.739. The van der Waals surface area contributed by atoms with Crippen molar-refractivity contribution < 1.29 is 4.39 Å². The fourth-order valence-corrected chi connectivity index (χ4v) is 2.27. The van der Waals surface area contributed by atoms with Crippen LogP contribution in [0.5, 0.6) is 0 Å². The summed E-state index contributed by atoms with van der Waals surface area (Å²) in [5.74, 6) is 0.0166. The average Bonchev–Trinajstić information content (AvgIpc) is 2.90. The zero-order chi connectivity index (χ0) is 15.0. The molecule has 1 aromatic heterocycles. The summed E-state index contributed by atoms with van der Waals surface area (Å²) >= 11 is 5.80. The molecule has 0 aliphatic heterocycles. The Morgan fingerprint density at radius 2 is 2.00 bits per heavy atom. The van der Waals surface area contributed by atoms with Gasteiger partial charge in [0.05, 0.1) is 10.7 Å². The molecule has 21 heavy (non-hydrogen) atoms. The van der Waals surface area contributed by atoms with Gasteiger partial charge in [-0.1, -0.05) is 11.6 Å². The van der Waals surface area contributed by atoms with Crippen LogP contribution >= 0.6 is 11.6 Å². The van der Waals surface area contributed by atoms with Crippen molar-refractivity contribution >= 4 is 17.3 Å². The lowest BCUT2D eigenvalue weighted by molar-refractivity contribution is 0.627. The van der Waals surface area contributed by atoms with Gasteiger partial charge < -0.3 is 5.73 Å². The molecule has 2 aromatic carbocycles. The van der Waals surface area contributed by atoms with Crippen LogP contribution in [0.3, 0.4) is 0 Å². The molecule has 0 saturated heterocycles. The second-order valence-corrected chi connectivity index (χ2v) is 5.05. The third-order valence-electron chi connectivity index (χ3n) is 2.98. The van der Waals surface area contributed by atoms with Crippen molar-refractivity contribution in [2.45, 2.75) is 6.92 Å². The Bertz CT molecular complexity index is 795. The third-order valence-corrected chi connectivity index (χ3v) is 3.26. The minimum Gasteiger partial charge on any atom is -0.399 e. The summed E-state index contributed by atoms with van der Waals surface area (Å²) in [6, 6.07) is 9.85. The monoisotopic (exact) mass is 303 g/mol. The molecule has 3 aromatic rings. The van der Waals surface area contributed by atoms with Gasteiger partial charge in [-0.2, -0.15) is 4.68 Å². The van der Waals surface area contributed by atoms with Crippen LogP contribution in [0.1, 0.15) is 5.56 Å². The predicted octanol–water partition coefficient (Wildman–Crippen LogP) is 3.01. The van der Waals surface area contributed by atoms with Crippen molar-refractivity contribution in [2.75, 3.05) is 5.73 Å². The van der Waals surface area contributed by atoms with Gasteiger partial charge in [-0.15, -0.1) is 5.10 Å². The van der Waals surface area contributed by atoms with Crippen molar-refractivity contribution in [3.63, 3.8) is 0 Å². The molecule has 0 bridgehead atoms. The average molecular weight is 304 g/mol. The zero-order valence-corrected chi connectivity index (χ0v) is 11.8. The second kappa shape index (κ2) is 5.14. The summed E-state index contributed by atoms with van der Waals surface area (Å²) in [5.41, 5.74) is 8.82. The molecule has 0 radical (unpaired) electrons. The van der Waals surface area contributed by atoms with Crippen molar-refractivity contribution in [1.82, 2.24) is 20.2 Å². The van der Waals surface area contributed by atoms with Gasteiger partial charge >= 0.3 is 0 Å². The molecular formula is C14H11ClFN5. The molecule has 7 heteroatoms. The number of hydrogen-bond acceptors (Lipinski definition) is 4. The largest absolute Gasteiger partial charge is 0.399 e. The highest BCUT2D eigenvalue weighted by molar-refractivity contribution is 6.30. The van der Waals surface area contributed by atoms with Crippen molar-refractivity contribution in [3.05, 3.63) is 52.8 Å². The van der Waals surface area contributed by atoms with E-state index >= 15 is 0 Å². The fourth-order valence-electron chi connectivity index (χ4n) is 2.10. The number of nitrogen functional groups attached to an aromatic ring is 1. The van der Waals surface area contributed by atoms with Crippen LogP contribution in [0.2, 0.25) is 5.02 Å². The van der Waals surface area contributed by atoms with Gasteiger partial charge in [0.1, 0.15) is 5.82 Å². The van der Waals surface area contributed by atoms with Crippen LogP contribution in [0.25, 0.3) is 17.1 Å². The normalized spacial score (nSPS) is 10.8. The van der Waals surface area contributed by atoms with Gasteiger partial charge in [0.2, 0.25) is 0 Å². The van der Waals surface area contributed by atoms with E-state index in [2.05, 4.69) is 15.5 Å². The van der Waals surface area contributed by atoms with Gasteiger partial charge in [-0.05, 0) is 59.3 Å². The molecule has 0 aliphatic carbocycles. The lowest BCUT2D eigenvalue weighted by atomic mass is 10.1. The Balaban J connectivity index is 2.14. The lowest BCUT2D eigenvalue weighted by Crippen LogP contribution is -2.01. The van der Waals surface area contributed by atoms with E-state index < -0.39 is 5.82 Å². The molecular weight excluding hydrogens is 293 g/mol. The van der Waals surface area contributed by atoms with E-state index in [-0.39, 0.29) is 5.02 Å². The van der Waals surface area contributed by atoms with Crippen molar-refractivity contribution in [1.29, 1.82) is 0 Å². The highest BCUT2D eigenvalue weighted by Crippen LogP contribution is 2.25. The maximum Gasteiger partial charge on any atom is 0.187 e. The van der Waals surface area contributed by atoms with Crippen LogP contribution in [0.4, 0.5) is 10.1 Å². The van der Waals surface area contributed by atoms with E-state index in [1.54, 1.807) is 12.1 Å². The third kappa shape index (κ3) is 2.57. The molecule has 0 amide bonds. The molecule has 106 valence electrons. The number of tetrazole rings is 1. The van der Waals surface area contributed by atoms with E-state index in [0.29, 0.717) is 17.2 Å². The molecule has 0 aliphatic rings. The first-order valence-electron chi connectivity index (χ1n) is 6.16. The topological polar surface area (TPSA) is 69.6 Å². The number of hydrogen-bond donors (Lipinski definition) is 1. The number of halogens is 2. The Kier molecular flexibility index (Phi) is 3.31. The first-order valence-corrected chi connectivity index (χ1v) is 6.54. The standard InChI is InChI=1S/C14H11ClFN5/c1-8-4-9(6-10(17)5-8)14-18-19-20-21(14)11-2-3-13(16)12(15)7-11/h2-7H,17H2,1H3. The molecule has 0 saturated carbocycles.